The van der Waals surface area contributed by atoms with Gasteiger partial charge in [0, 0.05) is 19.2 Å². The van der Waals surface area contributed by atoms with E-state index in [1.54, 1.807) is 18.2 Å². The molecular formula is C17H19N3O4. The van der Waals surface area contributed by atoms with Gasteiger partial charge in [-0.2, -0.15) is 0 Å². The molecule has 1 aliphatic rings. The normalized spacial score (nSPS) is 17.8. The molecule has 1 unspecified atom stereocenters. The molecule has 126 valence electrons. The van der Waals surface area contributed by atoms with Gasteiger partial charge < -0.3 is 5.11 Å². The lowest BCUT2D eigenvalue weighted by Crippen LogP contribution is -2.50. The number of nitrogens with zero attached hydrogens (tertiary/aromatic N) is 2. The van der Waals surface area contributed by atoms with E-state index in [2.05, 4.69) is 5.32 Å². The molecule has 7 heteroatoms. The predicted octanol–water partition coefficient (Wildman–Crippen LogP) is 3.33. The predicted molar refractivity (Wildman–Crippen MR) is 89.8 cm³/mol. The van der Waals surface area contributed by atoms with Crippen molar-refractivity contribution in [3.63, 3.8) is 0 Å². The Kier molecular flexibility index (Phi) is 4.61. The molecule has 0 radical (unpaired) electrons. The van der Waals surface area contributed by atoms with Gasteiger partial charge in [-0.1, -0.05) is 24.3 Å². The van der Waals surface area contributed by atoms with Crippen LogP contribution in [-0.4, -0.2) is 33.7 Å². The molecule has 0 bridgehead atoms. The summed E-state index contributed by atoms with van der Waals surface area (Å²) < 4.78 is 0. The first-order chi connectivity index (χ1) is 11.6. The molecule has 0 aliphatic carbocycles. The Labute approximate surface area is 139 Å². The third kappa shape index (κ3) is 3.16. The van der Waals surface area contributed by atoms with Gasteiger partial charge in [0.1, 0.15) is 0 Å². The van der Waals surface area contributed by atoms with Gasteiger partial charge in [0.2, 0.25) is 0 Å². The van der Waals surface area contributed by atoms with E-state index in [1.165, 1.54) is 11.0 Å². The number of non-ortho nitro benzene ring substituents is 1. The van der Waals surface area contributed by atoms with Crippen molar-refractivity contribution in [3.05, 3.63) is 52.1 Å². The number of nitro groups is 1. The number of benzene rings is 2. The molecule has 7 nitrogen and oxygen atoms in total. The molecule has 1 atom stereocenters. The summed E-state index contributed by atoms with van der Waals surface area (Å²) in [4.78, 5) is 23.5. The van der Waals surface area contributed by atoms with Gasteiger partial charge in [-0.3, -0.25) is 20.3 Å². The topological polar surface area (TPSA) is 95.7 Å². The number of nitro benzene ring substituents is 1. The van der Waals surface area contributed by atoms with Gasteiger partial charge in [0.25, 0.3) is 5.69 Å². The molecule has 2 N–H and O–H groups in total. The summed E-state index contributed by atoms with van der Waals surface area (Å²) in [6.07, 6.45) is 1.51. The van der Waals surface area contributed by atoms with Gasteiger partial charge in [0.15, 0.2) is 0 Å². The molecule has 2 aromatic carbocycles. The number of likely N-dealkylation sites (tertiary alicyclic amines) is 1. The smallest absolute Gasteiger partial charge is 0.408 e. The number of hydrogen-bond donors (Lipinski definition) is 2. The Hall–Kier alpha value is -2.67. The second-order valence-corrected chi connectivity index (χ2v) is 5.91. The van der Waals surface area contributed by atoms with Crippen LogP contribution in [0.1, 0.15) is 24.8 Å². The maximum absolute atomic E-state index is 11.3. The summed E-state index contributed by atoms with van der Waals surface area (Å²) in [5.41, 5.74) is 1.01. The maximum Gasteiger partial charge on any atom is 0.408 e. The van der Waals surface area contributed by atoms with Crippen LogP contribution in [-0.2, 0) is 6.54 Å². The Morgan fingerprint density at radius 1 is 1.25 bits per heavy atom. The van der Waals surface area contributed by atoms with E-state index in [9.17, 15) is 20.0 Å². The van der Waals surface area contributed by atoms with Crippen molar-refractivity contribution in [3.8, 4) is 0 Å². The molecular weight excluding hydrogens is 310 g/mol. The first-order valence-electron chi connectivity index (χ1n) is 7.96. The van der Waals surface area contributed by atoms with Gasteiger partial charge in [-0.05, 0) is 36.3 Å². The summed E-state index contributed by atoms with van der Waals surface area (Å²) in [6.45, 7) is 1.00. The molecule has 1 aliphatic heterocycles. The monoisotopic (exact) mass is 329 g/mol. The highest BCUT2D eigenvalue weighted by Gasteiger charge is 2.26. The van der Waals surface area contributed by atoms with Crippen LogP contribution in [0.2, 0.25) is 0 Å². The number of piperidine rings is 1. The van der Waals surface area contributed by atoms with Crippen molar-refractivity contribution in [2.24, 2.45) is 0 Å². The van der Waals surface area contributed by atoms with Crippen LogP contribution >= 0.6 is 0 Å². The van der Waals surface area contributed by atoms with E-state index in [0.717, 1.165) is 30.2 Å². The molecule has 0 saturated carbocycles. The van der Waals surface area contributed by atoms with Gasteiger partial charge in [-0.25, -0.2) is 4.79 Å². The molecule has 0 spiro atoms. The van der Waals surface area contributed by atoms with Crippen molar-refractivity contribution < 1.29 is 14.8 Å². The van der Waals surface area contributed by atoms with Gasteiger partial charge >= 0.3 is 6.09 Å². The lowest BCUT2D eigenvalue weighted by atomic mass is 10.0. The second kappa shape index (κ2) is 6.84. The zero-order chi connectivity index (χ0) is 17.1. The Balaban J connectivity index is 1.84. The molecule has 0 aromatic heterocycles. The fourth-order valence-electron chi connectivity index (χ4n) is 3.26. The standard InChI is InChI=1S/C17H19N3O4/c21-17(22)19-10-4-3-7-16(19)18-11-12-8-9-15(20(23)24)14-6-2-1-5-13(12)14/h1-2,5-6,8-9,16,18H,3-4,7,10-11H2,(H,21,22). The van der Waals surface area contributed by atoms with Crippen LogP contribution in [0.25, 0.3) is 10.8 Å². The van der Waals surface area contributed by atoms with E-state index in [-0.39, 0.29) is 16.8 Å². The number of amides is 1. The zero-order valence-electron chi connectivity index (χ0n) is 13.1. The van der Waals surface area contributed by atoms with Crippen LogP contribution in [0, 0.1) is 10.1 Å². The molecule has 24 heavy (non-hydrogen) atoms. The fourth-order valence-corrected chi connectivity index (χ4v) is 3.26. The average Bonchev–Trinajstić information content (AvgIpc) is 2.59. The largest absolute Gasteiger partial charge is 0.465 e. The zero-order valence-corrected chi connectivity index (χ0v) is 13.1. The van der Waals surface area contributed by atoms with E-state index in [0.29, 0.717) is 18.5 Å². The minimum Gasteiger partial charge on any atom is -0.465 e. The van der Waals surface area contributed by atoms with E-state index in [4.69, 9.17) is 0 Å². The molecule has 3 rings (SSSR count). The van der Waals surface area contributed by atoms with Crippen molar-refractivity contribution in [1.29, 1.82) is 0 Å². The summed E-state index contributed by atoms with van der Waals surface area (Å²) in [6, 6.07) is 10.5. The van der Waals surface area contributed by atoms with Crippen LogP contribution in [0.5, 0.6) is 0 Å². The first kappa shape index (κ1) is 16.2. The molecule has 1 amide bonds. The SMILES string of the molecule is O=C(O)N1CCCCC1NCc1ccc([N+](=O)[O-])c2ccccc12. The second-order valence-electron chi connectivity index (χ2n) is 5.91. The summed E-state index contributed by atoms with van der Waals surface area (Å²) in [5.74, 6) is 0. The highest BCUT2D eigenvalue weighted by molar-refractivity contribution is 5.93. The van der Waals surface area contributed by atoms with Crippen molar-refractivity contribution in [2.45, 2.75) is 32.0 Å². The number of carbonyl (C=O) groups is 1. The van der Waals surface area contributed by atoms with Crippen molar-refractivity contribution >= 4 is 22.6 Å². The molecule has 1 heterocycles. The summed E-state index contributed by atoms with van der Waals surface area (Å²) >= 11 is 0. The van der Waals surface area contributed by atoms with Gasteiger partial charge in [-0.15, -0.1) is 0 Å². The van der Waals surface area contributed by atoms with E-state index >= 15 is 0 Å². The van der Waals surface area contributed by atoms with E-state index in [1.807, 2.05) is 12.1 Å². The third-order valence-electron chi connectivity index (χ3n) is 4.46. The van der Waals surface area contributed by atoms with Crippen molar-refractivity contribution in [1.82, 2.24) is 10.2 Å². The number of hydrogen-bond acceptors (Lipinski definition) is 4. The van der Waals surface area contributed by atoms with Crippen LogP contribution in [0.4, 0.5) is 10.5 Å². The Bertz CT molecular complexity index is 778. The summed E-state index contributed by atoms with van der Waals surface area (Å²) in [7, 11) is 0. The highest BCUT2D eigenvalue weighted by Crippen LogP contribution is 2.28. The Morgan fingerprint density at radius 3 is 2.71 bits per heavy atom. The minimum absolute atomic E-state index is 0.0826. The first-order valence-corrected chi connectivity index (χ1v) is 7.96. The lowest BCUT2D eigenvalue weighted by Gasteiger charge is -2.34. The Morgan fingerprint density at radius 2 is 2.00 bits per heavy atom. The number of fused-ring (bicyclic) bond motifs is 1. The van der Waals surface area contributed by atoms with Crippen LogP contribution in [0.15, 0.2) is 36.4 Å². The quantitative estimate of drug-likeness (QED) is 0.662. The molecule has 1 fully saturated rings. The highest BCUT2D eigenvalue weighted by atomic mass is 16.6. The third-order valence-corrected chi connectivity index (χ3v) is 4.46. The maximum atomic E-state index is 11.3. The van der Waals surface area contributed by atoms with Crippen LogP contribution < -0.4 is 5.32 Å². The minimum atomic E-state index is -0.916. The lowest BCUT2D eigenvalue weighted by molar-refractivity contribution is -0.383. The van der Waals surface area contributed by atoms with Crippen molar-refractivity contribution in [2.75, 3.05) is 6.54 Å². The molecule has 2 aromatic rings. The number of carboxylic acid groups (broad SMARTS) is 1. The number of nitrogens with one attached hydrogen (secondary N) is 1. The summed E-state index contributed by atoms with van der Waals surface area (Å²) in [5, 5.41) is 25.2. The number of rotatable bonds is 4. The van der Waals surface area contributed by atoms with Gasteiger partial charge in [0.05, 0.1) is 16.5 Å². The fraction of sp³-hybridized carbons (Fsp3) is 0.353. The average molecular weight is 329 g/mol. The van der Waals surface area contributed by atoms with E-state index < -0.39 is 6.09 Å². The van der Waals surface area contributed by atoms with Crippen LogP contribution in [0.3, 0.4) is 0 Å². The molecule has 1 saturated heterocycles.